The molecule has 0 aliphatic carbocycles. The fraction of sp³-hybridized carbons (Fsp3) is 1.00. The molecule has 0 saturated carbocycles. The molecule has 0 radical (unpaired) electrons. The standard InChI is InChI=1S/C9H19N5/c1-9-8-14(7-6-13(9)2)5-3-4-11-12-10/h9H,3-8H2,1-2H3. The van der Waals surface area contributed by atoms with Crippen molar-refractivity contribution in [2.45, 2.75) is 19.4 Å². The lowest BCUT2D eigenvalue weighted by Crippen LogP contribution is -2.50. The van der Waals surface area contributed by atoms with Crippen LogP contribution in [0.15, 0.2) is 5.11 Å². The molecule has 0 aromatic carbocycles. The first kappa shape index (κ1) is 11.3. The van der Waals surface area contributed by atoms with Gasteiger partial charge in [-0.15, -0.1) is 0 Å². The average molecular weight is 197 g/mol. The number of hydrogen-bond donors (Lipinski definition) is 0. The van der Waals surface area contributed by atoms with Gasteiger partial charge in [0.15, 0.2) is 0 Å². The molecule has 1 aliphatic rings. The lowest BCUT2D eigenvalue weighted by Gasteiger charge is -2.37. The second-order valence-corrected chi connectivity index (χ2v) is 3.94. The van der Waals surface area contributed by atoms with Crippen LogP contribution in [0, 0.1) is 0 Å². The Kier molecular flexibility index (Phi) is 4.73. The van der Waals surface area contributed by atoms with E-state index in [9.17, 15) is 0 Å². The van der Waals surface area contributed by atoms with E-state index in [0.29, 0.717) is 12.6 Å². The summed E-state index contributed by atoms with van der Waals surface area (Å²) in [6.07, 6.45) is 0.973. The zero-order valence-electron chi connectivity index (χ0n) is 9.06. The molecule has 0 spiro atoms. The fourth-order valence-corrected chi connectivity index (χ4v) is 1.74. The van der Waals surface area contributed by atoms with Gasteiger partial charge >= 0.3 is 0 Å². The molecule has 0 N–H and O–H groups in total. The highest BCUT2D eigenvalue weighted by Crippen LogP contribution is 2.06. The van der Waals surface area contributed by atoms with Crippen LogP contribution in [-0.4, -0.2) is 55.6 Å². The van der Waals surface area contributed by atoms with E-state index in [0.717, 1.165) is 32.6 Å². The number of rotatable bonds is 4. The van der Waals surface area contributed by atoms with Crippen LogP contribution in [0.3, 0.4) is 0 Å². The van der Waals surface area contributed by atoms with Crippen LogP contribution in [0.25, 0.3) is 10.4 Å². The van der Waals surface area contributed by atoms with Crippen molar-refractivity contribution in [3.63, 3.8) is 0 Å². The zero-order chi connectivity index (χ0) is 10.4. The van der Waals surface area contributed by atoms with E-state index in [2.05, 4.69) is 33.8 Å². The molecule has 0 amide bonds. The first-order valence-electron chi connectivity index (χ1n) is 5.17. The lowest BCUT2D eigenvalue weighted by molar-refractivity contribution is 0.105. The summed E-state index contributed by atoms with van der Waals surface area (Å²) in [7, 11) is 2.17. The van der Waals surface area contributed by atoms with Crippen LogP contribution in [0.4, 0.5) is 0 Å². The number of azide groups is 1. The number of hydrogen-bond acceptors (Lipinski definition) is 3. The molecule has 80 valence electrons. The predicted octanol–water partition coefficient (Wildman–Crippen LogP) is 1.32. The molecule has 5 nitrogen and oxygen atoms in total. The average Bonchev–Trinajstić information content (AvgIpc) is 2.18. The molecule has 14 heavy (non-hydrogen) atoms. The van der Waals surface area contributed by atoms with Crippen molar-refractivity contribution in [1.29, 1.82) is 0 Å². The Bertz CT molecular complexity index is 211. The van der Waals surface area contributed by atoms with Gasteiger partial charge in [-0.05, 0) is 32.5 Å². The van der Waals surface area contributed by atoms with E-state index in [4.69, 9.17) is 5.53 Å². The van der Waals surface area contributed by atoms with E-state index < -0.39 is 0 Å². The Labute approximate surface area is 85.3 Å². The molecule has 5 heteroatoms. The third-order valence-corrected chi connectivity index (χ3v) is 2.84. The van der Waals surface area contributed by atoms with E-state index in [1.807, 2.05) is 0 Å². The predicted molar refractivity (Wildman–Crippen MR) is 57.2 cm³/mol. The Balaban J connectivity index is 2.16. The smallest absolute Gasteiger partial charge is 0.0270 e. The summed E-state index contributed by atoms with van der Waals surface area (Å²) in [6.45, 7) is 7.33. The molecule has 1 aliphatic heterocycles. The van der Waals surface area contributed by atoms with Gasteiger partial charge in [-0.3, -0.25) is 0 Å². The highest BCUT2D eigenvalue weighted by atomic mass is 15.3. The van der Waals surface area contributed by atoms with Gasteiger partial charge in [0.05, 0.1) is 0 Å². The first-order chi connectivity index (χ1) is 6.74. The first-order valence-corrected chi connectivity index (χ1v) is 5.17. The zero-order valence-corrected chi connectivity index (χ0v) is 9.06. The molecule has 0 aromatic heterocycles. The molecular formula is C9H19N5. The van der Waals surface area contributed by atoms with Crippen molar-refractivity contribution in [2.75, 3.05) is 39.8 Å². The molecule has 1 fully saturated rings. The topological polar surface area (TPSA) is 55.2 Å². The van der Waals surface area contributed by atoms with Gasteiger partial charge in [0, 0.05) is 37.1 Å². The summed E-state index contributed by atoms with van der Waals surface area (Å²) in [5, 5.41) is 3.53. The summed E-state index contributed by atoms with van der Waals surface area (Å²) in [6, 6.07) is 0.642. The third-order valence-electron chi connectivity index (χ3n) is 2.84. The summed E-state index contributed by atoms with van der Waals surface area (Å²) in [5.41, 5.74) is 8.12. The quantitative estimate of drug-likeness (QED) is 0.295. The Hall–Kier alpha value is -0.770. The Morgan fingerprint density at radius 2 is 2.29 bits per heavy atom. The van der Waals surface area contributed by atoms with Crippen molar-refractivity contribution in [1.82, 2.24) is 9.80 Å². The SMILES string of the molecule is CC1CN(CCCN=[N+]=[N-])CCN1C. The van der Waals surface area contributed by atoms with E-state index in [1.54, 1.807) is 0 Å². The fourth-order valence-electron chi connectivity index (χ4n) is 1.74. The molecule has 1 rings (SSSR count). The molecular weight excluding hydrogens is 178 g/mol. The minimum Gasteiger partial charge on any atom is -0.301 e. The summed E-state index contributed by atoms with van der Waals surface area (Å²) in [5.74, 6) is 0. The maximum atomic E-state index is 8.12. The second-order valence-electron chi connectivity index (χ2n) is 3.94. The van der Waals surface area contributed by atoms with Gasteiger partial charge in [-0.1, -0.05) is 5.11 Å². The van der Waals surface area contributed by atoms with Crippen molar-refractivity contribution < 1.29 is 0 Å². The van der Waals surface area contributed by atoms with Crippen LogP contribution >= 0.6 is 0 Å². The highest BCUT2D eigenvalue weighted by Gasteiger charge is 2.19. The summed E-state index contributed by atoms with van der Waals surface area (Å²) >= 11 is 0. The highest BCUT2D eigenvalue weighted by molar-refractivity contribution is 4.76. The third kappa shape index (κ3) is 3.54. The van der Waals surface area contributed by atoms with Crippen molar-refractivity contribution in [3.8, 4) is 0 Å². The van der Waals surface area contributed by atoms with Crippen LogP contribution in [0.1, 0.15) is 13.3 Å². The molecule has 0 bridgehead atoms. The van der Waals surface area contributed by atoms with Gasteiger partial charge in [0.2, 0.25) is 0 Å². The number of nitrogens with zero attached hydrogens (tertiary/aromatic N) is 5. The monoisotopic (exact) mass is 197 g/mol. The van der Waals surface area contributed by atoms with E-state index in [1.165, 1.54) is 0 Å². The van der Waals surface area contributed by atoms with Crippen molar-refractivity contribution in [2.24, 2.45) is 5.11 Å². The normalized spacial score (nSPS) is 24.6. The molecule has 1 atom stereocenters. The molecule has 0 aromatic rings. The van der Waals surface area contributed by atoms with Crippen LogP contribution < -0.4 is 0 Å². The van der Waals surface area contributed by atoms with Gasteiger partial charge in [0.25, 0.3) is 0 Å². The van der Waals surface area contributed by atoms with Crippen molar-refractivity contribution >= 4 is 0 Å². The van der Waals surface area contributed by atoms with Gasteiger partial charge in [0.1, 0.15) is 0 Å². The molecule has 1 saturated heterocycles. The summed E-state index contributed by atoms with van der Waals surface area (Å²) < 4.78 is 0. The maximum absolute atomic E-state index is 8.12. The lowest BCUT2D eigenvalue weighted by atomic mass is 10.2. The maximum Gasteiger partial charge on any atom is 0.0270 e. The number of piperazine rings is 1. The molecule has 1 heterocycles. The molecule has 1 unspecified atom stereocenters. The summed E-state index contributed by atoms with van der Waals surface area (Å²) in [4.78, 5) is 7.56. The van der Waals surface area contributed by atoms with Crippen molar-refractivity contribution in [3.05, 3.63) is 10.4 Å². The van der Waals surface area contributed by atoms with Crippen LogP contribution in [0.5, 0.6) is 0 Å². The van der Waals surface area contributed by atoms with Gasteiger partial charge in [-0.2, -0.15) is 0 Å². The van der Waals surface area contributed by atoms with E-state index >= 15 is 0 Å². The number of likely N-dealkylation sites (N-methyl/N-ethyl adjacent to an activating group) is 1. The largest absolute Gasteiger partial charge is 0.301 e. The Morgan fingerprint density at radius 1 is 1.50 bits per heavy atom. The van der Waals surface area contributed by atoms with E-state index in [-0.39, 0.29) is 0 Å². The van der Waals surface area contributed by atoms with Crippen LogP contribution in [0.2, 0.25) is 0 Å². The van der Waals surface area contributed by atoms with Crippen LogP contribution in [-0.2, 0) is 0 Å². The minimum atomic E-state index is 0.622. The van der Waals surface area contributed by atoms with Gasteiger partial charge < -0.3 is 9.80 Å². The Morgan fingerprint density at radius 3 is 2.93 bits per heavy atom. The second kappa shape index (κ2) is 5.86. The minimum absolute atomic E-state index is 0.622. The van der Waals surface area contributed by atoms with Gasteiger partial charge in [-0.25, -0.2) is 0 Å².